The summed E-state index contributed by atoms with van der Waals surface area (Å²) in [4.78, 5) is 29.6. The normalized spacial score (nSPS) is 10.0. The van der Waals surface area contributed by atoms with Crippen LogP contribution in [0.1, 0.15) is 37.0 Å². The fourth-order valence-electron chi connectivity index (χ4n) is 2.00. The maximum Gasteiger partial charge on any atom is 0.256 e. The fraction of sp³-hybridized carbons (Fsp3) is 0.533. The van der Waals surface area contributed by atoms with Crippen LogP contribution < -0.4 is 10.1 Å². The Morgan fingerprint density at radius 1 is 1.33 bits per heavy atom. The molecule has 0 fully saturated rings. The Bertz CT molecular complexity index is 473. The maximum absolute atomic E-state index is 12.0. The lowest BCUT2D eigenvalue weighted by molar-refractivity contribution is -0.130. The summed E-state index contributed by atoms with van der Waals surface area (Å²) in [6.07, 6.45) is 2.62. The highest BCUT2D eigenvalue weighted by Crippen LogP contribution is 2.12. The van der Waals surface area contributed by atoms with E-state index in [0.717, 1.165) is 0 Å². The van der Waals surface area contributed by atoms with Crippen LogP contribution in [0.2, 0.25) is 0 Å². The summed E-state index contributed by atoms with van der Waals surface area (Å²) in [7, 11) is 1.47. The number of rotatable bonds is 8. The monoisotopic (exact) mass is 293 g/mol. The number of methoxy groups -OCH3 is 1. The van der Waals surface area contributed by atoms with Crippen LogP contribution >= 0.6 is 0 Å². The second kappa shape index (κ2) is 8.94. The van der Waals surface area contributed by atoms with Crippen LogP contribution in [0, 0.1) is 0 Å². The van der Waals surface area contributed by atoms with Crippen LogP contribution in [-0.4, -0.2) is 48.4 Å². The summed E-state index contributed by atoms with van der Waals surface area (Å²) in [6.45, 7) is 5.79. The third kappa shape index (κ3) is 5.06. The summed E-state index contributed by atoms with van der Waals surface area (Å²) in [5, 5.41) is 2.77. The van der Waals surface area contributed by atoms with E-state index in [0.29, 0.717) is 43.9 Å². The molecule has 1 rings (SSSR count). The number of carbonyl (C=O) groups is 2. The second-order valence-electron chi connectivity index (χ2n) is 4.49. The molecule has 6 heteroatoms. The van der Waals surface area contributed by atoms with E-state index in [4.69, 9.17) is 4.74 Å². The highest BCUT2D eigenvalue weighted by atomic mass is 16.5. The molecular formula is C15H23N3O3. The highest BCUT2D eigenvalue weighted by molar-refractivity contribution is 5.96. The van der Waals surface area contributed by atoms with Crippen molar-refractivity contribution in [2.45, 2.75) is 26.7 Å². The van der Waals surface area contributed by atoms with Crippen molar-refractivity contribution >= 4 is 11.8 Å². The molecule has 6 nitrogen and oxygen atoms in total. The Morgan fingerprint density at radius 2 is 2.05 bits per heavy atom. The topological polar surface area (TPSA) is 71.5 Å². The van der Waals surface area contributed by atoms with Crippen LogP contribution in [0.25, 0.3) is 0 Å². The van der Waals surface area contributed by atoms with Gasteiger partial charge in [0.05, 0.1) is 7.11 Å². The first-order chi connectivity index (χ1) is 10.1. The summed E-state index contributed by atoms with van der Waals surface area (Å²) in [6, 6.07) is 3.34. The van der Waals surface area contributed by atoms with Gasteiger partial charge in [0.1, 0.15) is 5.56 Å². The molecule has 1 aromatic heterocycles. The zero-order valence-electron chi connectivity index (χ0n) is 12.9. The summed E-state index contributed by atoms with van der Waals surface area (Å²) >= 11 is 0. The van der Waals surface area contributed by atoms with E-state index in [1.54, 1.807) is 23.2 Å². The zero-order chi connectivity index (χ0) is 15.7. The lowest BCUT2D eigenvalue weighted by Gasteiger charge is -2.18. The van der Waals surface area contributed by atoms with E-state index in [1.807, 2.05) is 13.8 Å². The Hall–Kier alpha value is -2.11. The molecule has 0 aliphatic rings. The number of hydrogen-bond acceptors (Lipinski definition) is 4. The first-order valence-corrected chi connectivity index (χ1v) is 7.19. The van der Waals surface area contributed by atoms with Gasteiger partial charge < -0.3 is 15.0 Å². The molecule has 116 valence electrons. The lowest BCUT2D eigenvalue weighted by atomic mass is 10.2. The Balaban J connectivity index is 2.39. The number of carbonyl (C=O) groups excluding carboxylic acids is 2. The largest absolute Gasteiger partial charge is 0.480 e. The molecule has 2 amide bonds. The van der Waals surface area contributed by atoms with E-state index in [-0.39, 0.29) is 11.8 Å². The minimum Gasteiger partial charge on any atom is -0.480 e. The molecule has 0 bridgehead atoms. The molecule has 0 unspecified atom stereocenters. The van der Waals surface area contributed by atoms with E-state index in [2.05, 4.69) is 10.3 Å². The number of pyridine rings is 1. The third-order valence-corrected chi connectivity index (χ3v) is 3.18. The number of ether oxygens (including phenoxy) is 1. The quantitative estimate of drug-likeness (QED) is 0.737. The summed E-state index contributed by atoms with van der Waals surface area (Å²) < 4.78 is 5.04. The van der Waals surface area contributed by atoms with Crippen LogP contribution in [0.5, 0.6) is 5.88 Å². The van der Waals surface area contributed by atoms with Gasteiger partial charge in [0.2, 0.25) is 11.8 Å². The van der Waals surface area contributed by atoms with Crippen molar-refractivity contribution in [3.8, 4) is 5.88 Å². The van der Waals surface area contributed by atoms with Crippen molar-refractivity contribution in [2.75, 3.05) is 26.7 Å². The number of hydrogen-bond donors (Lipinski definition) is 1. The van der Waals surface area contributed by atoms with Crippen molar-refractivity contribution in [3.63, 3.8) is 0 Å². The molecule has 21 heavy (non-hydrogen) atoms. The molecular weight excluding hydrogens is 270 g/mol. The highest BCUT2D eigenvalue weighted by Gasteiger charge is 2.13. The van der Waals surface area contributed by atoms with Crippen LogP contribution in [0.3, 0.4) is 0 Å². The third-order valence-electron chi connectivity index (χ3n) is 3.18. The molecule has 1 N–H and O–H groups in total. The standard InChI is InChI=1S/C15H23N3O3/c1-4-18(5-2)13(19)9-7-10-16-14(20)12-8-6-11-17-15(12)21-3/h6,8,11H,4-5,7,9-10H2,1-3H3,(H,16,20). The van der Waals surface area contributed by atoms with Gasteiger partial charge in [-0.1, -0.05) is 0 Å². The number of nitrogens with zero attached hydrogens (tertiary/aromatic N) is 2. The Morgan fingerprint density at radius 3 is 2.67 bits per heavy atom. The van der Waals surface area contributed by atoms with Gasteiger partial charge in [-0.15, -0.1) is 0 Å². The smallest absolute Gasteiger partial charge is 0.256 e. The van der Waals surface area contributed by atoms with Crippen molar-refractivity contribution < 1.29 is 14.3 Å². The first kappa shape index (κ1) is 16.9. The summed E-state index contributed by atoms with van der Waals surface area (Å²) in [5.41, 5.74) is 0.398. The van der Waals surface area contributed by atoms with Crippen LogP contribution in [0.15, 0.2) is 18.3 Å². The lowest BCUT2D eigenvalue weighted by Crippen LogP contribution is -2.31. The van der Waals surface area contributed by atoms with E-state index in [1.165, 1.54) is 7.11 Å². The van der Waals surface area contributed by atoms with Crippen LogP contribution in [-0.2, 0) is 4.79 Å². The Kier molecular flexibility index (Phi) is 7.21. The molecule has 0 aliphatic carbocycles. The van der Waals surface area contributed by atoms with E-state index >= 15 is 0 Å². The minimum absolute atomic E-state index is 0.119. The molecule has 1 heterocycles. The van der Waals surface area contributed by atoms with Gasteiger partial charge in [0.25, 0.3) is 5.91 Å². The number of amides is 2. The van der Waals surface area contributed by atoms with Crippen molar-refractivity contribution in [3.05, 3.63) is 23.9 Å². The fourth-order valence-corrected chi connectivity index (χ4v) is 2.00. The molecule has 1 aromatic rings. The van der Waals surface area contributed by atoms with Gasteiger partial charge in [0, 0.05) is 32.3 Å². The van der Waals surface area contributed by atoms with Gasteiger partial charge in [-0.25, -0.2) is 4.98 Å². The van der Waals surface area contributed by atoms with Crippen LogP contribution in [0.4, 0.5) is 0 Å². The SMILES string of the molecule is CCN(CC)C(=O)CCCNC(=O)c1cccnc1OC. The molecule has 0 spiro atoms. The van der Waals surface area contributed by atoms with Gasteiger partial charge >= 0.3 is 0 Å². The van der Waals surface area contributed by atoms with E-state index in [9.17, 15) is 9.59 Å². The average Bonchev–Trinajstić information content (AvgIpc) is 2.52. The van der Waals surface area contributed by atoms with Crippen molar-refractivity contribution in [1.82, 2.24) is 15.2 Å². The first-order valence-electron chi connectivity index (χ1n) is 7.19. The molecule has 0 saturated heterocycles. The zero-order valence-corrected chi connectivity index (χ0v) is 12.9. The molecule has 0 saturated carbocycles. The van der Waals surface area contributed by atoms with Gasteiger partial charge in [-0.05, 0) is 32.4 Å². The number of aromatic nitrogens is 1. The maximum atomic E-state index is 12.0. The molecule has 0 radical (unpaired) electrons. The van der Waals surface area contributed by atoms with E-state index < -0.39 is 0 Å². The second-order valence-corrected chi connectivity index (χ2v) is 4.49. The van der Waals surface area contributed by atoms with Crippen molar-refractivity contribution in [1.29, 1.82) is 0 Å². The van der Waals surface area contributed by atoms with Gasteiger partial charge in [0.15, 0.2) is 0 Å². The predicted octanol–water partition coefficient (Wildman–Crippen LogP) is 1.47. The molecule has 0 atom stereocenters. The summed E-state index contributed by atoms with van der Waals surface area (Å²) in [5.74, 6) is 0.178. The predicted molar refractivity (Wildman–Crippen MR) is 80.3 cm³/mol. The van der Waals surface area contributed by atoms with Gasteiger partial charge in [-0.3, -0.25) is 9.59 Å². The minimum atomic E-state index is -0.241. The molecule has 0 aromatic carbocycles. The van der Waals surface area contributed by atoms with Gasteiger partial charge in [-0.2, -0.15) is 0 Å². The molecule has 0 aliphatic heterocycles. The Labute approximate surface area is 125 Å². The number of nitrogens with one attached hydrogen (secondary N) is 1. The van der Waals surface area contributed by atoms with Crippen molar-refractivity contribution in [2.24, 2.45) is 0 Å². The average molecular weight is 293 g/mol.